The van der Waals surface area contributed by atoms with Crippen molar-refractivity contribution in [3.05, 3.63) is 0 Å². The van der Waals surface area contributed by atoms with E-state index < -0.39 is 12.2 Å². The first kappa shape index (κ1) is 21.8. The summed E-state index contributed by atoms with van der Waals surface area (Å²) in [7, 11) is 3.62. The molecule has 0 spiro atoms. The highest BCUT2D eigenvalue weighted by molar-refractivity contribution is 4.76. The van der Waals surface area contributed by atoms with E-state index in [0.717, 1.165) is 6.42 Å². The predicted octanol–water partition coefficient (Wildman–Crippen LogP) is 0.518. The van der Waals surface area contributed by atoms with Crippen LogP contribution in [0.1, 0.15) is 40.5 Å². The fourth-order valence-corrected chi connectivity index (χ4v) is 2.20. The minimum atomic E-state index is -0.502. The quantitative estimate of drug-likeness (QED) is 0.396. The minimum Gasteiger partial charge on any atom is -0.392 e. The second-order valence-electron chi connectivity index (χ2n) is 7.06. The molecule has 0 saturated heterocycles. The Bertz CT molecular complexity index is 285. The summed E-state index contributed by atoms with van der Waals surface area (Å²) in [6.07, 6.45) is 0.389. The van der Waals surface area contributed by atoms with E-state index in [0.29, 0.717) is 32.7 Å². The Kier molecular flexibility index (Phi) is 10.4. The van der Waals surface area contributed by atoms with Gasteiger partial charge in [-0.25, -0.2) is 0 Å². The monoisotopic (exact) mass is 320 g/mol. The van der Waals surface area contributed by atoms with Crippen molar-refractivity contribution in [3.8, 4) is 0 Å². The van der Waals surface area contributed by atoms with E-state index in [9.17, 15) is 10.2 Å². The molecule has 0 aliphatic carbocycles. The van der Waals surface area contributed by atoms with Gasteiger partial charge in [0.1, 0.15) is 0 Å². The summed E-state index contributed by atoms with van der Waals surface area (Å²) < 4.78 is 11.6. The molecule has 2 unspecified atom stereocenters. The average molecular weight is 320 g/mol. The van der Waals surface area contributed by atoms with Crippen LogP contribution in [0.4, 0.5) is 0 Å². The molecule has 6 heteroatoms. The second kappa shape index (κ2) is 10.5. The molecule has 134 valence electrons. The Morgan fingerprint density at radius 1 is 0.864 bits per heavy atom. The van der Waals surface area contributed by atoms with E-state index >= 15 is 0 Å². The number of nitrogens with one attached hydrogen (secondary N) is 2. The van der Waals surface area contributed by atoms with Crippen molar-refractivity contribution < 1.29 is 19.7 Å². The van der Waals surface area contributed by atoms with Gasteiger partial charge in [-0.05, 0) is 48.2 Å². The van der Waals surface area contributed by atoms with E-state index in [-0.39, 0.29) is 11.2 Å². The van der Waals surface area contributed by atoms with Gasteiger partial charge in [0.05, 0.1) is 36.6 Å². The summed E-state index contributed by atoms with van der Waals surface area (Å²) in [5.41, 5.74) is -0.730. The smallest absolute Gasteiger partial charge is 0.0897 e. The van der Waals surface area contributed by atoms with Gasteiger partial charge in [-0.15, -0.1) is 0 Å². The molecule has 0 rings (SSSR count). The van der Waals surface area contributed by atoms with Crippen LogP contribution in [0.2, 0.25) is 0 Å². The third-order valence-corrected chi connectivity index (χ3v) is 3.47. The zero-order chi connectivity index (χ0) is 17.2. The van der Waals surface area contributed by atoms with Crippen molar-refractivity contribution in [2.75, 3.05) is 40.4 Å². The first-order chi connectivity index (χ1) is 10.1. The molecule has 0 saturated carbocycles. The minimum absolute atomic E-state index is 0.304. The van der Waals surface area contributed by atoms with Crippen LogP contribution in [0.25, 0.3) is 0 Å². The standard InChI is InChI=1S/C16H36N2O4/c1-15(2,22-12-14(20)11-18-6)7-8-21-16(3,4)9-13(19)10-17-5/h13-14,17-20H,7-12H2,1-6H3. The lowest BCUT2D eigenvalue weighted by molar-refractivity contribution is -0.0976. The highest BCUT2D eigenvalue weighted by Gasteiger charge is 2.25. The van der Waals surface area contributed by atoms with Crippen molar-refractivity contribution in [2.45, 2.75) is 63.9 Å². The SMILES string of the molecule is CNCC(O)COC(C)(C)CCOC(C)(C)CC(O)CNC. The summed E-state index contributed by atoms with van der Waals surface area (Å²) in [5, 5.41) is 25.4. The molecule has 0 aliphatic heterocycles. The van der Waals surface area contributed by atoms with Gasteiger partial charge in [-0.3, -0.25) is 0 Å². The Morgan fingerprint density at radius 2 is 1.41 bits per heavy atom. The van der Waals surface area contributed by atoms with Crippen molar-refractivity contribution in [2.24, 2.45) is 0 Å². The molecule has 0 aromatic rings. The molecule has 0 aromatic carbocycles. The normalized spacial score (nSPS) is 15.8. The zero-order valence-electron chi connectivity index (χ0n) is 15.1. The summed E-state index contributed by atoms with van der Waals surface area (Å²) >= 11 is 0. The van der Waals surface area contributed by atoms with Gasteiger partial charge in [0, 0.05) is 19.5 Å². The highest BCUT2D eigenvalue weighted by Crippen LogP contribution is 2.20. The summed E-state index contributed by atoms with van der Waals surface area (Å²) in [6, 6.07) is 0. The Hall–Kier alpha value is -0.240. The van der Waals surface area contributed by atoms with Gasteiger partial charge >= 0.3 is 0 Å². The number of ether oxygens (including phenoxy) is 2. The van der Waals surface area contributed by atoms with Crippen LogP contribution in [0.15, 0.2) is 0 Å². The van der Waals surface area contributed by atoms with Crippen molar-refractivity contribution in [1.29, 1.82) is 0 Å². The molecule has 0 aromatic heterocycles. The Balaban J connectivity index is 4.04. The zero-order valence-corrected chi connectivity index (χ0v) is 15.1. The molecular formula is C16H36N2O4. The largest absolute Gasteiger partial charge is 0.392 e. The summed E-state index contributed by atoms with van der Waals surface area (Å²) in [6.45, 7) is 9.88. The molecule has 0 aliphatic rings. The number of likely N-dealkylation sites (N-methyl/N-ethyl adjacent to an activating group) is 2. The van der Waals surface area contributed by atoms with Gasteiger partial charge in [-0.2, -0.15) is 0 Å². The first-order valence-electron chi connectivity index (χ1n) is 8.05. The van der Waals surface area contributed by atoms with E-state index in [1.54, 1.807) is 7.05 Å². The average Bonchev–Trinajstić information content (AvgIpc) is 2.36. The molecule has 0 amide bonds. The van der Waals surface area contributed by atoms with Gasteiger partial charge in [0.25, 0.3) is 0 Å². The topological polar surface area (TPSA) is 83.0 Å². The fourth-order valence-electron chi connectivity index (χ4n) is 2.20. The van der Waals surface area contributed by atoms with E-state index in [4.69, 9.17) is 9.47 Å². The molecule has 0 radical (unpaired) electrons. The number of hydrogen-bond acceptors (Lipinski definition) is 6. The molecule has 6 nitrogen and oxygen atoms in total. The highest BCUT2D eigenvalue weighted by atomic mass is 16.5. The van der Waals surface area contributed by atoms with Crippen LogP contribution in [-0.4, -0.2) is 74.0 Å². The Morgan fingerprint density at radius 3 is 1.95 bits per heavy atom. The third kappa shape index (κ3) is 11.3. The first-order valence-corrected chi connectivity index (χ1v) is 8.05. The number of aliphatic hydroxyl groups excluding tert-OH is 2. The maximum atomic E-state index is 9.84. The number of rotatable bonds is 13. The second-order valence-corrected chi connectivity index (χ2v) is 7.06. The molecular weight excluding hydrogens is 284 g/mol. The molecule has 0 heterocycles. The van der Waals surface area contributed by atoms with Crippen molar-refractivity contribution >= 4 is 0 Å². The van der Waals surface area contributed by atoms with E-state index in [1.165, 1.54) is 0 Å². The van der Waals surface area contributed by atoms with Crippen molar-refractivity contribution in [3.63, 3.8) is 0 Å². The fraction of sp³-hybridized carbons (Fsp3) is 1.00. The number of aliphatic hydroxyl groups is 2. The van der Waals surface area contributed by atoms with Crippen LogP contribution < -0.4 is 10.6 Å². The van der Waals surface area contributed by atoms with E-state index in [1.807, 2.05) is 34.7 Å². The van der Waals surface area contributed by atoms with Crippen molar-refractivity contribution in [1.82, 2.24) is 10.6 Å². The van der Waals surface area contributed by atoms with Crippen LogP contribution in [-0.2, 0) is 9.47 Å². The van der Waals surface area contributed by atoms with Crippen LogP contribution in [0.3, 0.4) is 0 Å². The third-order valence-electron chi connectivity index (χ3n) is 3.47. The molecule has 2 atom stereocenters. The van der Waals surface area contributed by atoms with Crippen LogP contribution in [0.5, 0.6) is 0 Å². The predicted molar refractivity (Wildman–Crippen MR) is 89.2 cm³/mol. The lowest BCUT2D eigenvalue weighted by atomic mass is 10.00. The maximum Gasteiger partial charge on any atom is 0.0897 e. The Labute approximate surface area is 135 Å². The molecule has 4 N–H and O–H groups in total. The van der Waals surface area contributed by atoms with Gasteiger partial charge in [0.15, 0.2) is 0 Å². The van der Waals surface area contributed by atoms with Crippen LogP contribution >= 0.6 is 0 Å². The molecule has 0 fully saturated rings. The van der Waals surface area contributed by atoms with Crippen LogP contribution in [0, 0.1) is 0 Å². The lowest BCUT2D eigenvalue weighted by Crippen LogP contribution is -2.37. The van der Waals surface area contributed by atoms with Gasteiger partial charge in [0.2, 0.25) is 0 Å². The summed E-state index contributed by atoms with van der Waals surface area (Å²) in [4.78, 5) is 0. The lowest BCUT2D eigenvalue weighted by Gasteiger charge is -2.31. The maximum absolute atomic E-state index is 9.84. The van der Waals surface area contributed by atoms with E-state index in [2.05, 4.69) is 10.6 Å². The number of hydrogen-bond donors (Lipinski definition) is 4. The molecule has 0 bridgehead atoms. The van der Waals surface area contributed by atoms with Gasteiger partial charge < -0.3 is 30.3 Å². The molecule has 22 heavy (non-hydrogen) atoms. The van der Waals surface area contributed by atoms with Gasteiger partial charge in [-0.1, -0.05) is 0 Å². The summed E-state index contributed by atoms with van der Waals surface area (Å²) in [5.74, 6) is 0.